The van der Waals surface area contributed by atoms with Crippen LogP contribution in [-0.2, 0) is 9.84 Å². The van der Waals surface area contributed by atoms with Gasteiger partial charge >= 0.3 is 0 Å². The molecule has 0 bridgehead atoms. The zero-order chi connectivity index (χ0) is 22.1. The number of halogens is 1. The van der Waals surface area contributed by atoms with Crippen LogP contribution in [0.2, 0.25) is 0 Å². The van der Waals surface area contributed by atoms with Crippen molar-refractivity contribution in [2.24, 2.45) is 0 Å². The maximum atomic E-state index is 13.6. The summed E-state index contributed by atoms with van der Waals surface area (Å²) in [4.78, 5) is 28.7. The van der Waals surface area contributed by atoms with Crippen LogP contribution in [0.5, 0.6) is 0 Å². The maximum absolute atomic E-state index is 13.6. The van der Waals surface area contributed by atoms with E-state index in [4.69, 9.17) is 4.42 Å². The van der Waals surface area contributed by atoms with E-state index in [0.717, 1.165) is 21.2 Å². The lowest BCUT2D eigenvalue weighted by Crippen LogP contribution is -2.40. The van der Waals surface area contributed by atoms with Crippen LogP contribution in [0.25, 0.3) is 11.0 Å². The van der Waals surface area contributed by atoms with Gasteiger partial charge < -0.3 is 9.32 Å². The topological polar surface area (TPSA) is 84.7 Å². The van der Waals surface area contributed by atoms with Gasteiger partial charge in [0.05, 0.1) is 28.5 Å². The first-order chi connectivity index (χ1) is 14.7. The summed E-state index contributed by atoms with van der Waals surface area (Å²) in [5.74, 6) is -0.483. The predicted molar refractivity (Wildman–Crippen MR) is 121 cm³/mol. The lowest BCUT2D eigenvalue weighted by molar-refractivity contribution is 0.0662. The molecule has 8 heteroatoms. The Kier molecular flexibility index (Phi) is 4.64. The van der Waals surface area contributed by atoms with Crippen molar-refractivity contribution in [2.45, 2.75) is 32.4 Å². The SMILES string of the molecule is Cc1cc(C)c2oc3c(c(=O)c2c1)C(c1ccc(Br)cc1)N(C1CCS(=O)(=O)C1)C3=O. The Balaban J connectivity index is 1.79. The molecule has 1 fully saturated rings. The summed E-state index contributed by atoms with van der Waals surface area (Å²) in [6.07, 6.45) is 0.348. The summed E-state index contributed by atoms with van der Waals surface area (Å²) in [7, 11) is -3.23. The lowest BCUT2D eigenvalue weighted by Gasteiger charge is -2.30. The van der Waals surface area contributed by atoms with E-state index in [1.54, 1.807) is 11.0 Å². The molecule has 0 aliphatic carbocycles. The number of carbonyl (C=O) groups excluding carboxylic acids is 1. The van der Waals surface area contributed by atoms with Crippen LogP contribution < -0.4 is 5.43 Å². The number of amides is 1. The van der Waals surface area contributed by atoms with E-state index in [1.807, 2.05) is 44.2 Å². The number of hydrogen-bond donors (Lipinski definition) is 0. The summed E-state index contributed by atoms with van der Waals surface area (Å²) in [5.41, 5.74) is 2.90. The normalized spacial score (nSPS) is 22.3. The van der Waals surface area contributed by atoms with Gasteiger partial charge in [-0.15, -0.1) is 0 Å². The Hall–Kier alpha value is -2.45. The second kappa shape index (κ2) is 7.03. The zero-order valence-electron chi connectivity index (χ0n) is 17.0. The van der Waals surface area contributed by atoms with Crippen molar-refractivity contribution in [3.05, 3.63) is 79.1 Å². The van der Waals surface area contributed by atoms with Gasteiger partial charge in [0, 0.05) is 10.5 Å². The number of benzene rings is 2. The minimum absolute atomic E-state index is 0.0154. The Bertz CT molecular complexity index is 1410. The lowest BCUT2D eigenvalue weighted by atomic mass is 9.97. The third kappa shape index (κ3) is 3.24. The summed E-state index contributed by atoms with van der Waals surface area (Å²) in [6.45, 7) is 3.75. The molecule has 0 spiro atoms. The molecule has 0 radical (unpaired) electrons. The average molecular weight is 502 g/mol. The van der Waals surface area contributed by atoms with E-state index in [1.165, 1.54) is 0 Å². The van der Waals surface area contributed by atoms with E-state index in [9.17, 15) is 18.0 Å². The molecule has 31 heavy (non-hydrogen) atoms. The molecule has 2 unspecified atom stereocenters. The maximum Gasteiger partial charge on any atom is 0.291 e. The zero-order valence-corrected chi connectivity index (χ0v) is 19.4. The fraction of sp³-hybridized carbons (Fsp3) is 0.304. The molecule has 6 nitrogen and oxygen atoms in total. The average Bonchev–Trinajstić information content (AvgIpc) is 3.20. The van der Waals surface area contributed by atoms with Crippen molar-refractivity contribution in [1.29, 1.82) is 0 Å². The molecular formula is C23H20BrNO5S. The summed E-state index contributed by atoms with van der Waals surface area (Å²) >= 11 is 3.42. The third-order valence-electron chi connectivity index (χ3n) is 6.12. The van der Waals surface area contributed by atoms with Crippen LogP contribution >= 0.6 is 15.9 Å². The molecule has 160 valence electrons. The number of nitrogens with zero attached hydrogens (tertiary/aromatic N) is 1. The molecule has 3 aromatic rings. The first kappa shape index (κ1) is 20.5. The number of fused-ring (bicyclic) bond motifs is 2. The largest absolute Gasteiger partial charge is 0.450 e. The van der Waals surface area contributed by atoms with E-state index < -0.39 is 27.8 Å². The molecule has 5 rings (SSSR count). The summed E-state index contributed by atoms with van der Waals surface area (Å²) < 4.78 is 31.3. The minimum atomic E-state index is -3.23. The van der Waals surface area contributed by atoms with E-state index in [2.05, 4.69) is 15.9 Å². The Morgan fingerprint density at radius 1 is 1.10 bits per heavy atom. The van der Waals surface area contributed by atoms with Gasteiger partial charge in [0.15, 0.2) is 15.3 Å². The minimum Gasteiger partial charge on any atom is -0.450 e. The smallest absolute Gasteiger partial charge is 0.291 e. The van der Waals surface area contributed by atoms with Crippen molar-refractivity contribution < 1.29 is 17.6 Å². The summed E-state index contributed by atoms with van der Waals surface area (Å²) in [5, 5.41) is 0.437. The summed E-state index contributed by atoms with van der Waals surface area (Å²) in [6, 6.07) is 9.88. The molecule has 1 amide bonds. The molecule has 2 aliphatic rings. The van der Waals surface area contributed by atoms with Crippen LogP contribution in [0, 0.1) is 13.8 Å². The second-order valence-corrected chi connectivity index (χ2v) is 11.5. The van der Waals surface area contributed by atoms with Gasteiger partial charge in [-0.3, -0.25) is 9.59 Å². The van der Waals surface area contributed by atoms with Crippen LogP contribution in [0.4, 0.5) is 0 Å². The highest BCUT2D eigenvalue weighted by Crippen LogP contribution is 2.42. The molecule has 2 atom stereocenters. The first-order valence-electron chi connectivity index (χ1n) is 10.0. The molecule has 2 aliphatic heterocycles. The van der Waals surface area contributed by atoms with E-state index >= 15 is 0 Å². The molecule has 0 saturated carbocycles. The highest BCUT2D eigenvalue weighted by Gasteiger charge is 2.48. The van der Waals surface area contributed by atoms with Crippen molar-refractivity contribution >= 4 is 42.6 Å². The van der Waals surface area contributed by atoms with Gasteiger partial charge in [0.2, 0.25) is 5.76 Å². The Morgan fingerprint density at radius 2 is 1.81 bits per heavy atom. The molecule has 0 N–H and O–H groups in total. The standard InChI is InChI=1S/C23H20BrNO5S/c1-12-9-13(2)21-17(10-12)20(26)18-19(14-3-5-15(24)6-4-14)25(23(27)22(18)30-21)16-7-8-31(28,29)11-16/h3-6,9-10,16,19H,7-8,11H2,1-2H3. The van der Waals surface area contributed by atoms with Gasteiger partial charge in [-0.2, -0.15) is 0 Å². The third-order valence-corrected chi connectivity index (χ3v) is 8.40. The number of rotatable bonds is 2. The Labute approximate surface area is 187 Å². The van der Waals surface area contributed by atoms with Crippen LogP contribution in [0.3, 0.4) is 0 Å². The number of aryl methyl sites for hydroxylation is 2. The van der Waals surface area contributed by atoms with Crippen molar-refractivity contribution in [2.75, 3.05) is 11.5 Å². The van der Waals surface area contributed by atoms with Gasteiger partial charge in [0.25, 0.3) is 5.91 Å². The molecular weight excluding hydrogens is 482 g/mol. The van der Waals surface area contributed by atoms with E-state index in [0.29, 0.717) is 17.4 Å². The molecule has 1 aromatic heterocycles. The fourth-order valence-electron chi connectivity index (χ4n) is 4.79. The Morgan fingerprint density at radius 3 is 2.45 bits per heavy atom. The highest BCUT2D eigenvalue weighted by molar-refractivity contribution is 9.10. The van der Waals surface area contributed by atoms with Gasteiger partial charge in [-0.25, -0.2) is 8.42 Å². The second-order valence-electron chi connectivity index (χ2n) is 8.36. The van der Waals surface area contributed by atoms with Gasteiger partial charge in [0.1, 0.15) is 5.58 Å². The number of sulfone groups is 1. The van der Waals surface area contributed by atoms with Crippen molar-refractivity contribution in [3.8, 4) is 0 Å². The monoisotopic (exact) mass is 501 g/mol. The van der Waals surface area contributed by atoms with Crippen molar-refractivity contribution in [1.82, 2.24) is 4.90 Å². The number of carbonyl (C=O) groups is 1. The quantitative estimate of drug-likeness (QED) is 0.531. The van der Waals surface area contributed by atoms with E-state index in [-0.39, 0.29) is 28.3 Å². The van der Waals surface area contributed by atoms with Crippen LogP contribution in [0.15, 0.2) is 50.1 Å². The fourth-order valence-corrected chi connectivity index (χ4v) is 6.76. The van der Waals surface area contributed by atoms with Crippen LogP contribution in [0.1, 0.15) is 45.3 Å². The molecule has 2 aromatic carbocycles. The first-order valence-corrected chi connectivity index (χ1v) is 12.6. The van der Waals surface area contributed by atoms with Gasteiger partial charge in [-0.05, 0) is 55.2 Å². The number of hydrogen-bond acceptors (Lipinski definition) is 5. The predicted octanol–water partition coefficient (Wildman–Crippen LogP) is 3.90. The van der Waals surface area contributed by atoms with Gasteiger partial charge in [-0.1, -0.05) is 34.1 Å². The molecule has 1 saturated heterocycles. The van der Waals surface area contributed by atoms with Crippen molar-refractivity contribution in [3.63, 3.8) is 0 Å². The molecule has 3 heterocycles. The van der Waals surface area contributed by atoms with Crippen LogP contribution in [-0.4, -0.2) is 36.8 Å². The highest BCUT2D eigenvalue weighted by atomic mass is 79.9.